The number of benzene rings is 2. The van der Waals surface area contributed by atoms with Gasteiger partial charge in [0, 0.05) is 25.2 Å². The second-order valence-corrected chi connectivity index (χ2v) is 7.58. The summed E-state index contributed by atoms with van der Waals surface area (Å²) in [6.07, 6.45) is 2.87. The second kappa shape index (κ2) is 9.55. The standard InChI is InChI=1S/C24H26N2O6/c1-4-5-6-15-7-12-19-18(13-15)22(29)21(24(31)26(19)3)23(30)25(2)16-8-10-17(11-9-16)32-14-20(27)28/h7-13,29H,4-6,14H2,1-3H3,(H,27,28). The van der Waals surface area contributed by atoms with Crippen molar-refractivity contribution in [2.24, 2.45) is 7.05 Å². The molecule has 8 nitrogen and oxygen atoms in total. The van der Waals surface area contributed by atoms with Crippen molar-refractivity contribution in [3.63, 3.8) is 0 Å². The molecule has 0 unspecified atom stereocenters. The van der Waals surface area contributed by atoms with Gasteiger partial charge in [-0.15, -0.1) is 0 Å². The summed E-state index contributed by atoms with van der Waals surface area (Å²) in [4.78, 5) is 38.0. The highest BCUT2D eigenvalue weighted by atomic mass is 16.5. The number of hydrogen-bond donors (Lipinski definition) is 2. The first-order valence-electron chi connectivity index (χ1n) is 10.3. The van der Waals surface area contributed by atoms with Crippen molar-refractivity contribution in [1.29, 1.82) is 0 Å². The monoisotopic (exact) mass is 438 g/mol. The lowest BCUT2D eigenvalue weighted by Crippen LogP contribution is -2.34. The van der Waals surface area contributed by atoms with Crippen LogP contribution in [0.5, 0.6) is 11.5 Å². The summed E-state index contributed by atoms with van der Waals surface area (Å²) in [5.74, 6) is -1.74. The van der Waals surface area contributed by atoms with E-state index >= 15 is 0 Å². The number of aliphatic carboxylic acids is 1. The Balaban J connectivity index is 1.97. The number of nitrogens with zero attached hydrogens (tertiary/aromatic N) is 2. The molecule has 0 bridgehead atoms. The number of fused-ring (bicyclic) bond motifs is 1. The summed E-state index contributed by atoms with van der Waals surface area (Å²) < 4.78 is 6.46. The van der Waals surface area contributed by atoms with Crippen LogP contribution in [0.1, 0.15) is 35.7 Å². The quantitative estimate of drug-likeness (QED) is 0.558. The SMILES string of the molecule is CCCCc1ccc2c(c1)c(O)c(C(=O)N(C)c1ccc(OCC(=O)O)cc1)c(=O)n2C. The van der Waals surface area contributed by atoms with E-state index < -0.39 is 24.0 Å². The number of carboxylic acid groups (broad SMARTS) is 1. The number of aromatic nitrogens is 1. The fraction of sp³-hybridized carbons (Fsp3) is 0.292. The molecule has 32 heavy (non-hydrogen) atoms. The minimum absolute atomic E-state index is 0.304. The van der Waals surface area contributed by atoms with Crippen LogP contribution in [0.25, 0.3) is 10.9 Å². The molecule has 0 aliphatic rings. The molecule has 0 aliphatic heterocycles. The van der Waals surface area contributed by atoms with E-state index in [0.717, 1.165) is 24.8 Å². The zero-order valence-corrected chi connectivity index (χ0v) is 18.3. The van der Waals surface area contributed by atoms with Gasteiger partial charge < -0.3 is 24.4 Å². The third-order valence-corrected chi connectivity index (χ3v) is 5.36. The number of pyridine rings is 1. The molecular weight excluding hydrogens is 412 g/mol. The Bertz CT molecular complexity index is 1210. The van der Waals surface area contributed by atoms with Crippen LogP contribution < -0.4 is 15.2 Å². The van der Waals surface area contributed by atoms with Crippen LogP contribution in [-0.4, -0.2) is 40.3 Å². The largest absolute Gasteiger partial charge is 0.506 e. The molecule has 0 spiro atoms. The van der Waals surface area contributed by atoms with Crippen molar-refractivity contribution in [2.45, 2.75) is 26.2 Å². The third-order valence-electron chi connectivity index (χ3n) is 5.36. The van der Waals surface area contributed by atoms with Gasteiger partial charge in [0.05, 0.1) is 5.52 Å². The summed E-state index contributed by atoms with van der Waals surface area (Å²) in [7, 11) is 3.07. The van der Waals surface area contributed by atoms with Crippen LogP contribution in [0, 0.1) is 0 Å². The van der Waals surface area contributed by atoms with Gasteiger partial charge in [-0.2, -0.15) is 0 Å². The molecule has 168 valence electrons. The molecule has 3 aromatic rings. The highest BCUT2D eigenvalue weighted by Gasteiger charge is 2.25. The van der Waals surface area contributed by atoms with Crippen LogP contribution in [-0.2, 0) is 18.3 Å². The van der Waals surface area contributed by atoms with Crippen molar-refractivity contribution in [3.8, 4) is 11.5 Å². The number of rotatable bonds is 8. The number of unbranched alkanes of at least 4 members (excludes halogenated alkanes) is 1. The van der Waals surface area contributed by atoms with Gasteiger partial charge in [0.2, 0.25) is 0 Å². The summed E-state index contributed by atoms with van der Waals surface area (Å²) >= 11 is 0. The number of carbonyl (C=O) groups excluding carboxylic acids is 1. The smallest absolute Gasteiger partial charge is 0.341 e. The molecule has 1 aromatic heterocycles. The molecule has 0 fully saturated rings. The summed E-state index contributed by atoms with van der Waals surface area (Å²) in [6, 6.07) is 11.7. The number of amides is 1. The van der Waals surface area contributed by atoms with Gasteiger partial charge in [-0.25, -0.2) is 4.79 Å². The van der Waals surface area contributed by atoms with E-state index in [4.69, 9.17) is 9.84 Å². The summed E-state index contributed by atoms with van der Waals surface area (Å²) in [5.41, 5.74) is 1.13. The Labute approximate surface area is 185 Å². The number of aryl methyl sites for hydroxylation is 2. The minimum Gasteiger partial charge on any atom is -0.506 e. The highest BCUT2D eigenvalue weighted by molar-refractivity contribution is 6.10. The van der Waals surface area contributed by atoms with Crippen molar-refractivity contribution in [1.82, 2.24) is 4.57 Å². The van der Waals surface area contributed by atoms with E-state index in [1.807, 2.05) is 12.1 Å². The molecule has 8 heteroatoms. The summed E-state index contributed by atoms with van der Waals surface area (Å²) in [5, 5.41) is 20.0. The average Bonchev–Trinajstić information content (AvgIpc) is 2.79. The molecule has 3 rings (SSSR count). The van der Waals surface area contributed by atoms with Gasteiger partial charge in [0.1, 0.15) is 17.1 Å². The maximum atomic E-state index is 13.2. The van der Waals surface area contributed by atoms with Gasteiger partial charge in [0.25, 0.3) is 11.5 Å². The lowest BCUT2D eigenvalue weighted by molar-refractivity contribution is -0.139. The maximum Gasteiger partial charge on any atom is 0.341 e. The Kier molecular flexibility index (Phi) is 6.82. The average molecular weight is 438 g/mol. The van der Waals surface area contributed by atoms with E-state index in [9.17, 15) is 19.5 Å². The van der Waals surface area contributed by atoms with Gasteiger partial charge in [-0.05, 0) is 54.8 Å². The molecule has 0 aliphatic carbocycles. The Morgan fingerprint density at radius 3 is 2.44 bits per heavy atom. The first kappa shape index (κ1) is 22.9. The van der Waals surface area contributed by atoms with Crippen molar-refractivity contribution < 1.29 is 24.5 Å². The molecule has 0 atom stereocenters. The van der Waals surface area contributed by atoms with E-state index in [2.05, 4.69) is 6.92 Å². The molecule has 2 N–H and O–H groups in total. The predicted octanol–water partition coefficient (Wildman–Crippen LogP) is 3.33. The van der Waals surface area contributed by atoms with Gasteiger partial charge in [-0.3, -0.25) is 9.59 Å². The number of ether oxygens (including phenoxy) is 1. The Morgan fingerprint density at radius 1 is 1.12 bits per heavy atom. The van der Waals surface area contributed by atoms with Crippen LogP contribution in [0.4, 0.5) is 5.69 Å². The molecule has 0 saturated heterocycles. The Morgan fingerprint density at radius 2 is 1.81 bits per heavy atom. The van der Waals surface area contributed by atoms with Crippen LogP contribution in [0.15, 0.2) is 47.3 Å². The summed E-state index contributed by atoms with van der Waals surface area (Å²) in [6.45, 7) is 1.62. The number of carboxylic acids is 1. The molecule has 1 amide bonds. The van der Waals surface area contributed by atoms with Crippen molar-refractivity contribution in [2.75, 3.05) is 18.6 Å². The molecule has 1 heterocycles. The van der Waals surface area contributed by atoms with E-state index in [0.29, 0.717) is 22.3 Å². The van der Waals surface area contributed by atoms with Crippen molar-refractivity contribution in [3.05, 3.63) is 63.9 Å². The van der Waals surface area contributed by atoms with E-state index in [1.165, 1.54) is 28.6 Å². The Hall–Kier alpha value is -3.81. The molecule has 0 saturated carbocycles. The topological polar surface area (TPSA) is 109 Å². The van der Waals surface area contributed by atoms with E-state index in [1.54, 1.807) is 25.2 Å². The number of carbonyl (C=O) groups is 2. The van der Waals surface area contributed by atoms with Gasteiger partial charge >= 0.3 is 5.97 Å². The van der Waals surface area contributed by atoms with Gasteiger partial charge in [0.15, 0.2) is 6.61 Å². The van der Waals surface area contributed by atoms with Crippen LogP contribution in [0.3, 0.4) is 0 Å². The normalized spacial score (nSPS) is 10.8. The zero-order chi connectivity index (χ0) is 23.4. The fourth-order valence-electron chi connectivity index (χ4n) is 3.50. The molecular formula is C24H26N2O6. The van der Waals surface area contributed by atoms with Crippen LogP contribution in [0.2, 0.25) is 0 Å². The van der Waals surface area contributed by atoms with Crippen molar-refractivity contribution >= 4 is 28.5 Å². The highest BCUT2D eigenvalue weighted by Crippen LogP contribution is 2.29. The van der Waals surface area contributed by atoms with E-state index in [-0.39, 0.29) is 11.3 Å². The first-order valence-corrected chi connectivity index (χ1v) is 10.3. The number of anilines is 1. The third kappa shape index (κ3) is 4.59. The predicted molar refractivity (Wildman–Crippen MR) is 122 cm³/mol. The first-order chi connectivity index (χ1) is 15.2. The lowest BCUT2D eigenvalue weighted by atomic mass is 10.0. The zero-order valence-electron chi connectivity index (χ0n) is 18.3. The molecule has 0 radical (unpaired) electrons. The maximum absolute atomic E-state index is 13.2. The number of aromatic hydroxyl groups is 1. The second-order valence-electron chi connectivity index (χ2n) is 7.58. The molecule has 2 aromatic carbocycles. The van der Waals surface area contributed by atoms with Crippen LogP contribution >= 0.6 is 0 Å². The van der Waals surface area contributed by atoms with Gasteiger partial charge in [-0.1, -0.05) is 19.4 Å². The minimum atomic E-state index is -1.10. The fourth-order valence-corrected chi connectivity index (χ4v) is 3.50. The number of hydrogen-bond acceptors (Lipinski definition) is 5. The lowest BCUT2D eigenvalue weighted by Gasteiger charge is -2.19.